The highest BCUT2D eigenvalue weighted by molar-refractivity contribution is 5.43. The first-order valence-electron chi connectivity index (χ1n) is 12.5. The number of hydrogen-bond acceptors (Lipinski definition) is 5. The Morgan fingerprint density at radius 3 is 2.32 bits per heavy atom. The van der Waals surface area contributed by atoms with Crippen molar-refractivity contribution >= 4 is 0 Å². The molecule has 1 atom stereocenters. The summed E-state index contributed by atoms with van der Waals surface area (Å²) in [6.07, 6.45) is 3.36. The van der Waals surface area contributed by atoms with Crippen molar-refractivity contribution in [3.63, 3.8) is 0 Å². The predicted octanol–water partition coefficient (Wildman–Crippen LogP) is 5.62. The summed E-state index contributed by atoms with van der Waals surface area (Å²) in [4.78, 5) is 2.28. The fourth-order valence-electron chi connectivity index (χ4n) is 3.96. The van der Waals surface area contributed by atoms with Crippen molar-refractivity contribution < 1.29 is 14.6 Å². The number of para-hydroxylation sites is 2. The minimum atomic E-state index is -0.531. The third-order valence-corrected chi connectivity index (χ3v) is 5.66. The first kappa shape index (κ1) is 25.9. The molecule has 3 rings (SSSR count). The van der Waals surface area contributed by atoms with Crippen LogP contribution in [0, 0.1) is 0 Å². The van der Waals surface area contributed by atoms with E-state index in [0.717, 1.165) is 60.8 Å². The lowest BCUT2D eigenvalue weighted by molar-refractivity contribution is 0.0143. The summed E-state index contributed by atoms with van der Waals surface area (Å²) in [5.74, 6) is 1.50. The lowest BCUT2D eigenvalue weighted by Gasteiger charge is -2.25. The van der Waals surface area contributed by atoms with Gasteiger partial charge in [-0.3, -0.25) is 4.90 Å². The molecule has 0 radical (unpaired) electrons. The summed E-state index contributed by atoms with van der Waals surface area (Å²) in [5.41, 5.74) is 3.02. The van der Waals surface area contributed by atoms with Gasteiger partial charge in [0.15, 0.2) is 0 Å². The number of rotatable bonds is 15. The number of aryl methyl sites for hydroxylation is 1. The second-order valence-corrected chi connectivity index (χ2v) is 8.56. The predicted molar refractivity (Wildman–Crippen MR) is 137 cm³/mol. The number of unbranched alkanes of at least 4 members (excludes halogenated alkanes) is 1. The Bertz CT molecular complexity index is 960. The van der Waals surface area contributed by atoms with Crippen molar-refractivity contribution in [1.82, 2.24) is 14.7 Å². The van der Waals surface area contributed by atoms with Gasteiger partial charge in [-0.2, -0.15) is 5.10 Å². The maximum atomic E-state index is 10.6. The van der Waals surface area contributed by atoms with Gasteiger partial charge >= 0.3 is 0 Å². The van der Waals surface area contributed by atoms with E-state index in [0.29, 0.717) is 26.3 Å². The molecule has 0 amide bonds. The Labute approximate surface area is 204 Å². The molecule has 0 fully saturated rings. The second-order valence-electron chi connectivity index (χ2n) is 8.56. The van der Waals surface area contributed by atoms with Crippen LogP contribution in [0.2, 0.25) is 0 Å². The zero-order valence-electron chi connectivity index (χ0n) is 20.8. The van der Waals surface area contributed by atoms with Crippen molar-refractivity contribution in [2.45, 2.75) is 59.1 Å². The van der Waals surface area contributed by atoms with Crippen molar-refractivity contribution in [2.24, 2.45) is 0 Å². The molecule has 2 aromatic carbocycles. The van der Waals surface area contributed by atoms with Crippen LogP contribution in [0.15, 0.2) is 60.7 Å². The lowest BCUT2D eigenvalue weighted by Crippen LogP contribution is -2.35. The van der Waals surface area contributed by atoms with Crippen molar-refractivity contribution in [3.8, 4) is 17.3 Å². The minimum absolute atomic E-state index is 0.359. The van der Waals surface area contributed by atoms with Crippen LogP contribution in [-0.2, 0) is 17.7 Å². The summed E-state index contributed by atoms with van der Waals surface area (Å²) in [6, 6.07) is 19.9. The molecule has 6 nitrogen and oxygen atoms in total. The molecule has 184 valence electrons. The summed E-state index contributed by atoms with van der Waals surface area (Å²) in [5, 5.41) is 15.6. The minimum Gasteiger partial charge on any atom is -0.439 e. The van der Waals surface area contributed by atoms with Gasteiger partial charge in [0, 0.05) is 19.7 Å². The van der Waals surface area contributed by atoms with Gasteiger partial charge in [-0.1, -0.05) is 63.6 Å². The highest BCUT2D eigenvalue weighted by Gasteiger charge is 2.23. The maximum absolute atomic E-state index is 10.6. The van der Waals surface area contributed by atoms with Gasteiger partial charge in [-0.25, -0.2) is 4.68 Å². The summed E-state index contributed by atoms with van der Waals surface area (Å²) < 4.78 is 14.0. The largest absolute Gasteiger partial charge is 0.439 e. The fourth-order valence-corrected chi connectivity index (χ4v) is 3.96. The molecule has 0 unspecified atom stereocenters. The van der Waals surface area contributed by atoms with E-state index >= 15 is 0 Å². The average molecular weight is 466 g/mol. The molecule has 34 heavy (non-hydrogen) atoms. The molecule has 0 saturated carbocycles. The van der Waals surface area contributed by atoms with Crippen LogP contribution in [0.25, 0.3) is 5.69 Å². The fraction of sp³-hybridized carbons (Fsp3) is 0.464. The SMILES string of the molecule is CCCCOC[C@@H](O)CN(CCC)Cc1c(CC)nn(-c2ccccc2)c1Oc1ccccc1. The first-order valence-corrected chi connectivity index (χ1v) is 12.5. The molecular formula is C28H39N3O3. The summed E-state index contributed by atoms with van der Waals surface area (Å²) in [6.45, 7) is 9.54. The quantitative estimate of drug-likeness (QED) is 0.295. The van der Waals surface area contributed by atoms with Crippen molar-refractivity contribution in [1.29, 1.82) is 0 Å². The third-order valence-electron chi connectivity index (χ3n) is 5.66. The average Bonchev–Trinajstić information content (AvgIpc) is 3.20. The van der Waals surface area contributed by atoms with Gasteiger partial charge in [0.2, 0.25) is 5.88 Å². The summed E-state index contributed by atoms with van der Waals surface area (Å²) in [7, 11) is 0. The number of hydrogen-bond donors (Lipinski definition) is 1. The van der Waals surface area contributed by atoms with Crippen LogP contribution < -0.4 is 4.74 Å². The molecule has 0 saturated heterocycles. The van der Waals surface area contributed by atoms with Crippen LogP contribution in [0.1, 0.15) is 51.3 Å². The van der Waals surface area contributed by atoms with E-state index in [4.69, 9.17) is 14.6 Å². The molecule has 1 aromatic heterocycles. The Morgan fingerprint density at radius 2 is 1.68 bits per heavy atom. The number of nitrogens with zero attached hydrogens (tertiary/aromatic N) is 3. The van der Waals surface area contributed by atoms with Gasteiger partial charge in [0.25, 0.3) is 0 Å². The van der Waals surface area contributed by atoms with E-state index in [1.807, 2.05) is 65.3 Å². The molecule has 3 aromatic rings. The molecule has 0 aliphatic heterocycles. The molecule has 0 spiro atoms. The van der Waals surface area contributed by atoms with E-state index in [1.54, 1.807) is 0 Å². The zero-order valence-corrected chi connectivity index (χ0v) is 20.8. The molecule has 6 heteroatoms. The Kier molecular flexibility index (Phi) is 10.6. The third kappa shape index (κ3) is 7.42. The van der Waals surface area contributed by atoms with Gasteiger partial charge < -0.3 is 14.6 Å². The van der Waals surface area contributed by atoms with E-state index in [9.17, 15) is 5.11 Å². The zero-order chi connectivity index (χ0) is 24.2. The molecular weight excluding hydrogens is 426 g/mol. The Morgan fingerprint density at radius 1 is 0.971 bits per heavy atom. The van der Waals surface area contributed by atoms with E-state index in [-0.39, 0.29) is 0 Å². The molecule has 1 heterocycles. The number of aliphatic hydroxyl groups excluding tert-OH is 1. The van der Waals surface area contributed by atoms with Crippen LogP contribution >= 0.6 is 0 Å². The number of aliphatic hydroxyl groups is 1. The monoisotopic (exact) mass is 465 g/mol. The van der Waals surface area contributed by atoms with Gasteiger partial charge in [-0.05, 0) is 50.1 Å². The van der Waals surface area contributed by atoms with Crippen LogP contribution in [0.3, 0.4) is 0 Å². The van der Waals surface area contributed by atoms with Crippen LogP contribution in [0.4, 0.5) is 0 Å². The van der Waals surface area contributed by atoms with Crippen LogP contribution in [-0.4, -0.2) is 52.2 Å². The standard InChI is InChI=1S/C28H39N3O3/c1-4-7-19-33-22-24(32)20-30(18-5-2)21-26-27(6-3)29-31(23-14-10-8-11-15-23)28(26)34-25-16-12-9-13-17-25/h8-17,24,32H,4-7,18-22H2,1-3H3/t24-/m0/s1. The Hall–Kier alpha value is -2.67. The lowest BCUT2D eigenvalue weighted by atomic mass is 10.1. The van der Waals surface area contributed by atoms with E-state index in [1.165, 1.54) is 0 Å². The Balaban J connectivity index is 1.88. The van der Waals surface area contributed by atoms with Gasteiger partial charge in [0.1, 0.15) is 5.75 Å². The topological polar surface area (TPSA) is 59.8 Å². The second kappa shape index (κ2) is 13.9. The first-order chi connectivity index (χ1) is 16.7. The van der Waals surface area contributed by atoms with Gasteiger partial charge in [0.05, 0.1) is 29.7 Å². The molecule has 0 bridgehead atoms. The van der Waals surface area contributed by atoms with Crippen molar-refractivity contribution in [3.05, 3.63) is 71.9 Å². The van der Waals surface area contributed by atoms with Gasteiger partial charge in [-0.15, -0.1) is 0 Å². The molecule has 1 N–H and O–H groups in total. The smallest absolute Gasteiger partial charge is 0.227 e. The molecule has 0 aliphatic carbocycles. The molecule has 0 aliphatic rings. The maximum Gasteiger partial charge on any atom is 0.227 e. The highest BCUT2D eigenvalue weighted by atomic mass is 16.5. The van der Waals surface area contributed by atoms with E-state index in [2.05, 4.69) is 25.7 Å². The van der Waals surface area contributed by atoms with E-state index < -0.39 is 6.10 Å². The highest BCUT2D eigenvalue weighted by Crippen LogP contribution is 2.32. The number of ether oxygens (including phenoxy) is 2. The normalized spacial score (nSPS) is 12.3. The number of benzene rings is 2. The van der Waals surface area contributed by atoms with Crippen molar-refractivity contribution in [2.75, 3.05) is 26.3 Å². The summed E-state index contributed by atoms with van der Waals surface area (Å²) >= 11 is 0. The van der Waals surface area contributed by atoms with Crippen LogP contribution in [0.5, 0.6) is 11.6 Å². The number of aromatic nitrogens is 2.